The van der Waals surface area contributed by atoms with Gasteiger partial charge in [0.05, 0.1) is 30.0 Å². The average molecular weight is 432 g/mol. The molecule has 0 aromatic carbocycles. The number of thiocarbonyl (C=S) groups is 1. The molecule has 3 aromatic heterocycles. The Hall–Kier alpha value is -2.73. The van der Waals surface area contributed by atoms with Crippen molar-refractivity contribution < 1.29 is 0 Å². The van der Waals surface area contributed by atoms with Gasteiger partial charge in [-0.15, -0.1) is 0 Å². The fourth-order valence-corrected chi connectivity index (χ4v) is 5.71. The zero-order valence-corrected chi connectivity index (χ0v) is 19.0. The monoisotopic (exact) mass is 431 g/mol. The Bertz CT molecular complexity index is 1060. The molecule has 5 rings (SSSR count). The van der Waals surface area contributed by atoms with Crippen molar-refractivity contribution in [3.05, 3.63) is 83.2 Å². The van der Waals surface area contributed by atoms with E-state index in [-0.39, 0.29) is 12.1 Å². The van der Waals surface area contributed by atoms with Gasteiger partial charge in [-0.25, -0.2) is 0 Å². The number of pyridine rings is 2. The average Bonchev–Trinajstić information content (AvgIpc) is 3.49. The van der Waals surface area contributed by atoms with E-state index < -0.39 is 0 Å². The molecule has 3 aromatic rings. The first-order valence-corrected chi connectivity index (χ1v) is 11.6. The summed E-state index contributed by atoms with van der Waals surface area (Å²) in [7, 11) is 0. The van der Waals surface area contributed by atoms with Crippen LogP contribution >= 0.6 is 12.2 Å². The van der Waals surface area contributed by atoms with Gasteiger partial charge in [-0.2, -0.15) is 0 Å². The van der Waals surface area contributed by atoms with Crippen LogP contribution in [0.4, 0.5) is 0 Å². The Morgan fingerprint density at radius 2 is 1.77 bits per heavy atom. The molecular formula is C25H29N5S. The zero-order valence-electron chi connectivity index (χ0n) is 18.2. The molecule has 1 saturated heterocycles. The largest absolute Gasteiger partial charge is 0.352 e. The third-order valence-electron chi connectivity index (χ3n) is 6.79. The molecule has 4 heterocycles. The molecule has 2 atom stereocenters. The molecule has 6 heteroatoms. The van der Waals surface area contributed by atoms with Gasteiger partial charge in [0.15, 0.2) is 5.11 Å². The molecule has 160 valence electrons. The highest BCUT2D eigenvalue weighted by atomic mass is 32.1. The minimum Gasteiger partial charge on any atom is -0.352 e. The normalized spacial score (nSPS) is 21.6. The quantitative estimate of drug-likeness (QED) is 0.564. The molecular weight excluding hydrogens is 402 g/mol. The van der Waals surface area contributed by atoms with Crippen molar-refractivity contribution in [2.75, 3.05) is 0 Å². The van der Waals surface area contributed by atoms with Gasteiger partial charge in [-0.05, 0) is 74.8 Å². The molecule has 0 bridgehead atoms. The third-order valence-corrected chi connectivity index (χ3v) is 7.14. The highest BCUT2D eigenvalue weighted by Gasteiger charge is 2.41. The van der Waals surface area contributed by atoms with Crippen molar-refractivity contribution >= 4 is 17.3 Å². The van der Waals surface area contributed by atoms with Crippen molar-refractivity contribution in [3.63, 3.8) is 0 Å². The van der Waals surface area contributed by atoms with Crippen LogP contribution in [0.5, 0.6) is 0 Å². The van der Waals surface area contributed by atoms with E-state index in [0.29, 0.717) is 12.6 Å². The zero-order chi connectivity index (χ0) is 21.4. The Kier molecular flexibility index (Phi) is 5.48. The summed E-state index contributed by atoms with van der Waals surface area (Å²) in [6.07, 6.45) is 8.92. The van der Waals surface area contributed by atoms with Crippen LogP contribution in [0.2, 0.25) is 0 Å². The fraction of sp³-hybridized carbons (Fsp3) is 0.400. The Morgan fingerprint density at radius 3 is 2.45 bits per heavy atom. The summed E-state index contributed by atoms with van der Waals surface area (Å²) < 4.78 is 2.57. The van der Waals surface area contributed by atoms with Crippen LogP contribution in [0.15, 0.2) is 54.9 Å². The van der Waals surface area contributed by atoms with E-state index in [1.807, 2.05) is 36.7 Å². The second-order valence-corrected chi connectivity index (χ2v) is 9.10. The molecule has 5 nitrogen and oxygen atoms in total. The van der Waals surface area contributed by atoms with E-state index >= 15 is 0 Å². The van der Waals surface area contributed by atoms with Gasteiger partial charge >= 0.3 is 0 Å². The lowest BCUT2D eigenvalue weighted by molar-refractivity contribution is 0.306. The maximum atomic E-state index is 5.84. The summed E-state index contributed by atoms with van der Waals surface area (Å²) in [6.45, 7) is 5.19. The summed E-state index contributed by atoms with van der Waals surface area (Å²) in [5.74, 6) is 0. The maximum Gasteiger partial charge on any atom is 0.170 e. The lowest BCUT2D eigenvalue weighted by Gasteiger charge is -2.28. The Labute approximate surface area is 189 Å². The third kappa shape index (κ3) is 3.74. The lowest BCUT2D eigenvalue weighted by atomic mass is 9.96. The maximum absolute atomic E-state index is 5.84. The molecule has 0 radical (unpaired) electrons. The first-order valence-electron chi connectivity index (χ1n) is 11.2. The summed E-state index contributed by atoms with van der Waals surface area (Å²) in [5.41, 5.74) is 6.07. The standard InChI is InChI=1S/C25H29N5S/c1-17-15-21(18(2)30(17)20-10-3-4-11-20)24-23(22-12-6-8-14-27-22)28-25(31)29(24)16-19-9-5-7-13-26-19/h5-9,12-15,20,23-24H,3-4,10-11,16H2,1-2H3,(H,28,31)/t23-,24+/m1/s1. The number of aryl methyl sites for hydroxylation is 1. The molecule has 1 aliphatic carbocycles. The van der Waals surface area contributed by atoms with Gasteiger partial charge in [0.2, 0.25) is 0 Å². The van der Waals surface area contributed by atoms with Gasteiger partial charge in [0, 0.05) is 29.8 Å². The number of nitrogens with one attached hydrogen (secondary N) is 1. The van der Waals surface area contributed by atoms with E-state index in [0.717, 1.165) is 16.5 Å². The smallest absolute Gasteiger partial charge is 0.170 e. The second-order valence-electron chi connectivity index (χ2n) is 8.71. The van der Waals surface area contributed by atoms with Gasteiger partial charge in [0.1, 0.15) is 0 Å². The van der Waals surface area contributed by atoms with Crippen molar-refractivity contribution in [2.24, 2.45) is 0 Å². The van der Waals surface area contributed by atoms with E-state index in [1.54, 1.807) is 0 Å². The molecule has 1 aliphatic heterocycles. The molecule has 2 fully saturated rings. The van der Waals surface area contributed by atoms with E-state index in [1.165, 1.54) is 42.6 Å². The summed E-state index contributed by atoms with van der Waals surface area (Å²) in [5, 5.41) is 4.33. The van der Waals surface area contributed by atoms with Crippen LogP contribution in [0.25, 0.3) is 0 Å². The molecule has 1 saturated carbocycles. The molecule has 0 unspecified atom stereocenters. The van der Waals surface area contributed by atoms with Crippen molar-refractivity contribution in [1.29, 1.82) is 0 Å². The van der Waals surface area contributed by atoms with Gasteiger partial charge in [0.25, 0.3) is 0 Å². The molecule has 0 spiro atoms. The minimum atomic E-state index is 0.00920. The molecule has 1 N–H and O–H groups in total. The molecule has 0 amide bonds. The number of hydrogen-bond donors (Lipinski definition) is 1. The first-order chi connectivity index (χ1) is 15.1. The number of rotatable bonds is 5. The van der Waals surface area contributed by atoms with Crippen LogP contribution in [0.1, 0.15) is 72.1 Å². The summed E-state index contributed by atoms with van der Waals surface area (Å²) in [4.78, 5) is 11.5. The van der Waals surface area contributed by atoms with Crippen LogP contribution in [-0.2, 0) is 6.54 Å². The Morgan fingerprint density at radius 1 is 1.03 bits per heavy atom. The molecule has 2 aliphatic rings. The minimum absolute atomic E-state index is 0.00920. The van der Waals surface area contributed by atoms with Crippen LogP contribution < -0.4 is 5.32 Å². The van der Waals surface area contributed by atoms with Gasteiger partial charge in [-0.1, -0.05) is 25.0 Å². The number of aromatic nitrogens is 3. The Balaban J connectivity index is 1.58. The second kappa shape index (κ2) is 8.42. The van der Waals surface area contributed by atoms with Crippen molar-refractivity contribution in [1.82, 2.24) is 24.8 Å². The number of nitrogens with zero attached hydrogens (tertiary/aromatic N) is 4. The first kappa shape index (κ1) is 20.2. The van der Waals surface area contributed by atoms with E-state index in [9.17, 15) is 0 Å². The van der Waals surface area contributed by atoms with Crippen molar-refractivity contribution in [2.45, 2.75) is 64.2 Å². The van der Waals surface area contributed by atoms with E-state index in [2.05, 4.69) is 56.8 Å². The SMILES string of the molecule is Cc1cc([C@H]2[C@@H](c3ccccn3)NC(=S)N2Cc2ccccn2)c(C)n1C1CCCC1. The van der Waals surface area contributed by atoms with Gasteiger partial charge in [-0.3, -0.25) is 9.97 Å². The fourth-order valence-electron chi connectivity index (χ4n) is 5.41. The van der Waals surface area contributed by atoms with Crippen molar-refractivity contribution in [3.8, 4) is 0 Å². The lowest BCUT2D eigenvalue weighted by Crippen LogP contribution is -2.29. The van der Waals surface area contributed by atoms with Crippen LogP contribution in [-0.4, -0.2) is 24.5 Å². The predicted octanol–water partition coefficient (Wildman–Crippen LogP) is 5.18. The molecule has 31 heavy (non-hydrogen) atoms. The predicted molar refractivity (Wildman–Crippen MR) is 127 cm³/mol. The highest BCUT2D eigenvalue weighted by molar-refractivity contribution is 7.80. The van der Waals surface area contributed by atoms with E-state index in [4.69, 9.17) is 12.2 Å². The summed E-state index contributed by atoms with van der Waals surface area (Å²) in [6, 6.07) is 15.2. The topological polar surface area (TPSA) is 46.0 Å². The van der Waals surface area contributed by atoms with Crippen LogP contribution in [0, 0.1) is 13.8 Å². The van der Waals surface area contributed by atoms with Crippen LogP contribution in [0.3, 0.4) is 0 Å². The highest BCUT2D eigenvalue weighted by Crippen LogP contribution is 2.43. The van der Waals surface area contributed by atoms with Gasteiger partial charge < -0.3 is 14.8 Å². The summed E-state index contributed by atoms with van der Waals surface area (Å²) >= 11 is 5.84. The number of hydrogen-bond acceptors (Lipinski definition) is 3.